The van der Waals surface area contributed by atoms with Gasteiger partial charge in [0.2, 0.25) is 0 Å². The molecule has 0 fully saturated rings. The molecule has 0 aliphatic heterocycles. The normalized spacial score (nSPS) is 11.5. The number of benzene rings is 4. The van der Waals surface area contributed by atoms with Crippen LogP contribution in [0.4, 0.5) is 0 Å². The van der Waals surface area contributed by atoms with Gasteiger partial charge >= 0.3 is 0 Å². The van der Waals surface area contributed by atoms with Crippen molar-refractivity contribution in [2.24, 2.45) is 0 Å². The van der Waals surface area contributed by atoms with Crippen molar-refractivity contribution in [1.29, 1.82) is 0 Å². The van der Waals surface area contributed by atoms with E-state index >= 15 is 0 Å². The van der Waals surface area contributed by atoms with Gasteiger partial charge in [-0.1, -0.05) is 161 Å². The molecule has 4 rings (SSSR count). The number of hydrogen-bond donors (Lipinski definition) is 0. The van der Waals surface area contributed by atoms with Gasteiger partial charge in [-0.3, -0.25) is 0 Å². The van der Waals surface area contributed by atoms with Crippen LogP contribution in [0, 0.1) is 0 Å². The highest BCUT2D eigenvalue weighted by Gasteiger charge is 2.31. The van der Waals surface area contributed by atoms with E-state index in [-0.39, 0.29) is 0 Å². The van der Waals surface area contributed by atoms with Crippen molar-refractivity contribution in [3.8, 4) is 0 Å². The Bertz CT molecular complexity index is 996. The van der Waals surface area contributed by atoms with Gasteiger partial charge in [-0.25, -0.2) is 0 Å². The third-order valence-electron chi connectivity index (χ3n) is 8.43. The molecule has 0 radical (unpaired) electrons. The van der Waals surface area contributed by atoms with Crippen molar-refractivity contribution in [2.75, 3.05) is 25.7 Å². The first kappa shape index (κ1) is 31.9. The first-order valence-electron chi connectivity index (χ1n) is 15.7. The van der Waals surface area contributed by atoms with Gasteiger partial charge < -0.3 is 0 Å². The molecule has 0 amide bonds. The van der Waals surface area contributed by atoms with Crippen molar-refractivity contribution in [3.05, 3.63) is 121 Å². The van der Waals surface area contributed by atoms with Crippen LogP contribution >= 0.6 is 7.26 Å². The molecule has 4 aromatic rings. The van der Waals surface area contributed by atoms with Crippen molar-refractivity contribution < 1.29 is 0 Å². The van der Waals surface area contributed by atoms with E-state index in [0.29, 0.717) is 0 Å². The Morgan fingerprint density at radius 2 is 0.675 bits per heavy atom. The van der Waals surface area contributed by atoms with E-state index in [0.717, 1.165) is 0 Å². The highest BCUT2D eigenvalue weighted by atomic mass is 31.2. The molecule has 0 saturated carbocycles. The molecule has 40 heavy (non-hydrogen) atoms. The third kappa shape index (κ3) is 9.21. The zero-order valence-corrected chi connectivity index (χ0v) is 26.5. The zero-order chi connectivity index (χ0) is 28.5. The Morgan fingerprint density at radius 1 is 0.400 bits per heavy atom. The summed E-state index contributed by atoms with van der Waals surface area (Å²) in [4.78, 5) is 0. The van der Waals surface area contributed by atoms with E-state index in [1.807, 2.05) is 0 Å². The Morgan fingerprint density at radius 3 is 0.925 bits per heavy atom. The van der Waals surface area contributed by atoms with Crippen LogP contribution in [-0.4, -0.2) is 31.8 Å². The third-order valence-corrected chi connectivity index (χ3v) is 11.5. The summed E-state index contributed by atoms with van der Waals surface area (Å²) in [5.74, 6) is 0. The largest absolute Gasteiger partial charge is 0.195 e. The van der Waals surface area contributed by atoms with Crippen LogP contribution in [0.3, 0.4) is 0 Å². The Balaban J connectivity index is 0.000000255. The summed E-state index contributed by atoms with van der Waals surface area (Å²) in [5.41, 5.74) is 5.36. The second-order valence-electron chi connectivity index (χ2n) is 12.0. The molecule has 0 spiro atoms. The summed E-state index contributed by atoms with van der Waals surface area (Å²) in [7, 11) is -0.523. The van der Waals surface area contributed by atoms with Crippen molar-refractivity contribution in [1.82, 2.24) is 0 Å². The summed E-state index contributed by atoms with van der Waals surface area (Å²) in [6, 6.07) is 43.5. The van der Waals surface area contributed by atoms with Crippen molar-refractivity contribution >= 4 is 35.3 Å². The fourth-order valence-electron chi connectivity index (χ4n) is 6.17. The summed E-state index contributed by atoms with van der Waals surface area (Å²) < 4.78 is 0. The average molecular weight is 551 g/mol. The fourth-order valence-corrected chi connectivity index (χ4v) is 8.55. The highest BCUT2D eigenvalue weighted by Crippen LogP contribution is 2.52. The Hall–Kier alpha value is -2.63. The van der Waals surface area contributed by atoms with Gasteiger partial charge in [0, 0.05) is 20.6 Å². The minimum Gasteiger partial charge on any atom is -0.195 e. The SMILES string of the molecule is CCCCCC[P+](C)(C)CCCCCC.c1ccc([B-](c2ccccc2)(c2ccccc2)c2ccccc2)cc1. The first-order chi connectivity index (χ1) is 19.5. The molecule has 0 heterocycles. The van der Waals surface area contributed by atoms with E-state index in [9.17, 15) is 0 Å². The van der Waals surface area contributed by atoms with Crippen LogP contribution in [0.15, 0.2) is 121 Å². The molecule has 4 aromatic carbocycles. The van der Waals surface area contributed by atoms with Crippen LogP contribution in [-0.2, 0) is 0 Å². The Kier molecular flexibility index (Phi) is 13.8. The quantitative estimate of drug-likeness (QED) is 0.0839. The molecular weight excluding hydrogens is 498 g/mol. The van der Waals surface area contributed by atoms with Crippen molar-refractivity contribution in [2.45, 2.75) is 65.2 Å². The van der Waals surface area contributed by atoms with Crippen LogP contribution in [0.5, 0.6) is 0 Å². The van der Waals surface area contributed by atoms with Gasteiger partial charge in [0.25, 0.3) is 0 Å². The second kappa shape index (κ2) is 17.2. The summed E-state index contributed by atoms with van der Waals surface area (Å²) >= 11 is 0. The summed E-state index contributed by atoms with van der Waals surface area (Å²) in [6.07, 6.45) is 13.4. The topological polar surface area (TPSA) is 0 Å². The maximum absolute atomic E-state index is 2.56. The zero-order valence-electron chi connectivity index (χ0n) is 25.6. The second-order valence-corrected chi connectivity index (χ2v) is 16.8. The number of hydrogen-bond acceptors (Lipinski definition) is 0. The molecule has 212 valence electrons. The van der Waals surface area contributed by atoms with E-state index < -0.39 is 13.4 Å². The van der Waals surface area contributed by atoms with Gasteiger partial charge in [-0.15, -0.1) is 0 Å². The number of rotatable bonds is 14. The Labute approximate surface area is 246 Å². The minimum atomic E-state index is -1.22. The van der Waals surface area contributed by atoms with E-state index in [2.05, 4.69) is 149 Å². The maximum Gasteiger partial charge on any atom is 0.108 e. The lowest BCUT2D eigenvalue weighted by atomic mass is 9.13. The summed E-state index contributed by atoms with van der Waals surface area (Å²) in [5, 5.41) is 0. The molecule has 0 bridgehead atoms. The summed E-state index contributed by atoms with van der Waals surface area (Å²) in [6.45, 7) is 9.71. The average Bonchev–Trinajstić information content (AvgIpc) is 3.01. The lowest BCUT2D eigenvalue weighted by Gasteiger charge is -2.44. The molecule has 0 saturated heterocycles. The molecule has 0 unspecified atom stereocenters. The molecule has 0 N–H and O–H groups in total. The standard InChI is InChI=1S/C24H20B.C14H32P/c1-5-13-21(14-6-1)25(22-15-7-2-8-16-22,23-17-9-3-10-18-23)24-19-11-4-12-20-24;1-5-7-9-11-13-15(3,4)14-12-10-8-6-2/h1-20H;5-14H2,1-4H3/q-1;+1. The van der Waals surface area contributed by atoms with Gasteiger partial charge in [-0.2, -0.15) is 21.9 Å². The predicted octanol–water partition coefficient (Wildman–Crippen LogP) is 8.49. The smallest absolute Gasteiger partial charge is 0.108 e. The van der Waals surface area contributed by atoms with Gasteiger partial charge in [0.05, 0.1) is 12.3 Å². The van der Waals surface area contributed by atoms with Crippen LogP contribution in [0.2, 0.25) is 0 Å². The highest BCUT2D eigenvalue weighted by molar-refractivity contribution is 7.74. The molecule has 0 aliphatic rings. The van der Waals surface area contributed by atoms with E-state index in [1.165, 1.54) is 73.2 Å². The van der Waals surface area contributed by atoms with E-state index in [4.69, 9.17) is 0 Å². The fraction of sp³-hybridized carbons (Fsp3) is 0.368. The monoisotopic (exact) mass is 550 g/mol. The van der Waals surface area contributed by atoms with E-state index in [1.54, 1.807) is 12.3 Å². The molecule has 0 aliphatic carbocycles. The van der Waals surface area contributed by atoms with Gasteiger partial charge in [0.15, 0.2) is 0 Å². The lowest BCUT2D eigenvalue weighted by Crippen LogP contribution is -2.74. The predicted molar refractivity (Wildman–Crippen MR) is 187 cm³/mol. The number of unbranched alkanes of at least 4 members (excludes halogenated alkanes) is 6. The lowest BCUT2D eigenvalue weighted by molar-refractivity contribution is 0.694. The molecule has 0 nitrogen and oxygen atoms in total. The van der Waals surface area contributed by atoms with Crippen LogP contribution in [0.25, 0.3) is 0 Å². The van der Waals surface area contributed by atoms with Crippen LogP contribution < -0.4 is 21.9 Å². The van der Waals surface area contributed by atoms with Crippen molar-refractivity contribution in [3.63, 3.8) is 0 Å². The first-order valence-corrected chi connectivity index (χ1v) is 18.8. The van der Waals surface area contributed by atoms with Crippen LogP contribution in [0.1, 0.15) is 65.2 Å². The molecule has 0 atom stereocenters. The molecule has 2 heteroatoms. The molecular formula is C38H52BP. The van der Waals surface area contributed by atoms with Gasteiger partial charge in [0.1, 0.15) is 6.15 Å². The minimum absolute atomic E-state index is 0.523. The molecule has 0 aromatic heterocycles. The maximum atomic E-state index is 2.56. The van der Waals surface area contributed by atoms with Gasteiger partial charge in [-0.05, 0) is 25.7 Å².